The lowest BCUT2D eigenvalue weighted by Crippen LogP contribution is -2.29. The van der Waals surface area contributed by atoms with E-state index in [4.69, 9.17) is 0 Å². The maximum Gasteiger partial charge on any atom is 0.242 e. The Balaban J connectivity index is 2.36. The first-order chi connectivity index (χ1) is 9.29. The number of benzene rings is 1. The van der Waals surface area contributed by atoms with E-state index in [1.165, 1.54) is 29.1 Å². The smallest absolute Gasteiger partial charge is 0.242 e. The molecule has 0 spiro atoms. The van der Waals surface area contributed by atoms with Crippen LogP contribution in [0, 0.1) is 11.6 Å². The standard InChI is InChI=1S/C13H14F2N2O2S/c1-9(2)16-20(18,19)11-5-6-17(8-11)10-3-4-12(14)13(15)7-10/h3-9,16H,1-2H3. The van der Waals surface area contributed by atoms with Gasteiger partial charge in [-0.1, -0.05) is 0 Å². The summed E-state index contributed by atoms with van der Waals surface area (Å²) in [6, 6.07) is 4.52. The predicted molar refractivity (Wildman–Crippen MR) is 71.1 cm³/mol. The number of halogens is 2. The molecule has 1 aromatic carbocycles. The van der Waals surface area contributed by atoms with Crippen molar-refractivity contribution in [3.05, 3.63) is 48.3 Å². The van der Waals surface area contributed by atoms with Gasteiger partial charge in [0.25, 0.3) is 0 Å². The summed E-state index contributed by atoms with van der Waals surface area (Å²) >= 11 is 0. The van der Waals surface area contributed by atoms with Gasteiger partial charge in [-0.15, -0.1) is 0 Å². The van der Waals surface area contributed by atoms with Crippen LogP contribution in [-0.4, -0.2) is 19.0 Å². The van der Waals surface area contributed by atoms with Gasteiger partial charge in [0.05, 0.1) is 0 Å². The third-order valence-electron chi connectivity index (χ3n) is 2.57. The van der Waals surface area contributed by atoms with Gasteiger partial charge in [0.15, 0.2) is 11.6 Å². The van der Waals surface area contributed by atoms with Gasteiger partial charge in [-0.25, -0.2) is 21.9 Å². The van der Waals surface area contributed by atoms with Crippen molar-refractivity contribution in [1.29, 1.82) is 0 Å². The molecule has 2 rings (SSSR count). The van der Waals surface area contributed by atoms with Gasteiger partial charge < -0.3 is 4.57 Å². The highest BCUT2D eigenvalue weighted by Crippen LogP contribution is 2.17. The van der Waals surface area contributed by atoms with Crippen LogP contribution >= 0.6 is 0 Å². The molecule has 108 valence electrons. The second kappa shape index (κ2) is 5.34. The number of hydrogen-bond donors (Lipinski definition) is 1. The summed E-state index contributed by atoms with van der Waals surface area (Å²) in [6.45, 7) is 3.42. The van der Waals surface area contributed by atoms with Crippen LogP contribution in [0.1, 0.15) is 13.8 Å². The van der Waals surface area contributed by atoms with Crippen LogP contribution in [0.15, 0.2) is 41.6 Å². The molecular formula is C13H14F2N2O2S. The summed E-state index contributed by atoms with van der Waals surface area (Å²) in [6.07, 6.45) is 2.82. The van der Waals surface area contributed by atoms with Gasteiger partial charge in [0, 0.05) is 30.2 Å². The molecule has 1 heterocycles. The monoisotopic (exact) mass is 300 g/mol. The Kier molecular flexibility index (Phi) is 3.92. The molecule has 7 heteroatoms. The molecule has 0 bridgehead atoms. The van der Waals surface area contributed by atoms with Gasteiger partial charge in [-0.2, -0.15) is 0 Å². The number of nitrogens with one attached hydrogen (secondary N) is 1. The Labute approximate surface area is 116 Å². The maximum absolute atomic E-state index is 13.2. The molecular weight excluding hydrogens is 286 g/mol. The van der Waals surface area contributed by atoms with Crippen LogP contribution in [0.25, 0.3) is 5.69 Å². The van der Waals surface area contributed by atoms with E-state index in [-0.39, 0.29) is 10.9 Å². The molecule has 0 unspecified atom stereocenters. The number of hydrogen-bond acceptors (Lipinski definition) is 2. The van der Waals surface area contributed by atoms with Gasteiger partial charge in [-0.05, 0) is 32.0 Å². The number of aromatic nitrogens is 1. The highest BCUT2D eigenvalue weighted by Gasteiger charge is 2.17. The van der Waals surface area contributed by atoms with E-state index in [1.807, 2.05) is 0 Å². The Morgan fingerprint density at radius 2 is 1.85 bits per heavy atom. The molecule has 1 N–H and O–H groups in total. The van der Waals surface area contributed by atoms with Crippen LogP contribution in [0.3, 0.4) is 0 Å². The molecule has 1 aromatic heterocycles. The molecule has 0 amide bonds. The quantitative estimate of drug-likeness (QED) is 0.943. The maximum atomic E-state index is 13.2. The normalized spacial score (nSPS) is 12.1. The number of nitrogens with zero attached hydrogens (tertiary/aromatic N) is 1. The van der Waals surface area contributed by atoms with Crippen LogP contribution in [0.4, 0.5) is 8.78 Å². The lowest BCUT2D eigenvalue weighted by Gasteiger charge is -2.07. The molecule has 0 aliphatic carbocycles. The summed E-state index contributed by atoms with van der Waals surface area (Å²) in [4.78, 5) is 0.0657. The molecule has 20 heavy (non-hydrogen) atoms. The van der Waals surface area contributed by atoms with E-state index < -0.39 is 21.7 Å². The van der Waals surface area contributed by atoms with Gasteiger partial charge >= 0.3 is 0 Å². The zero-order valence-electron chi connectivity index (χ0n) is 11.0. The lowest BCUT2D eigenvalue weighted by atomic mass is 10.3. The topological polar surface area (TPSA) is 51.1 Å². The molecule has 0 atom stereocenters. The first-order valence-corrected chi connectivity index (χ1v) is 7.43. The van der Waals surface area contributed by atoms with Crippen molar-refractivity contribution >= 4 is 10.0 Å². The van der Waals surface area contributed by atoms with E-state index in [0.717, 1.165) is 12.1 Å². The fraction of sp³-hybridized carbons (Fsp3) is 0.231. The Morgan fingerprint density at radius 1 is 1.15 bits per heavy atom. The van der Waals surface area contributed by atoms with Crippen molar-refractivity contribution in [3.63, 3.8) is 0 Å². The van der Waals surface area contributed by atoms with Crippen molar-refractivity contribution in [2.45, 2.75) is 24.8 Å². The van der Waals surface area contributed by atoms with Crippen LogP contribution in [-0.2, 0) is 10.0 Å². The Bertz CT molecular complexity index is 724. The van der Waals surface area contributed by atoms with E-state index in [1.54, 1.807) is 13.8 Å². The highest BCUT2D eigenvalue weighted by molar-refractivity contribution is 7.89. The molecule has 0 saturated carbocycles. The Morgan fingerprint density at radius 3 is 2.45 bits per heavy atom. The van der Waals surface area contributed by atoms with Crippen molar-refractivity contribution in [2.24, 2.45) is 0 Å². The van der Waals surface area contributed by atoms with Gasteiger partial charge in [0.1, 0.15) is 4.90 Å². The zero-order valence-corrected chi connectivity index (χ0v) is 11.8. The van der Waals surface area contributed by atoms with Crippen LogP contribution in [0.2, 0.25) is 0 Å². The van der Waals surface area contributed by atoms with Gasteiger partial charge in [-0.3, -0.25) is 0 Å². The second-order valence-corrected chi connectivity index (χ2v) is 6.34. The molecule has 2 aromatic rings. The summed E-state index contributed by atoms with van der Waals surface area (Å²) in [5.74, 6) is -1.93. The SMILES string of the molecule is CC(C)NS(=O)(=O)c1ccn(-c2ccc(F)c(F)c2)c1. The first kappa shape index (κ1) is 14.7. The summed E-state index contributed by atoms with van der Waals surface area (Å²) in [7, 11) is -3.60. The minimum atomic E-state index is -3.60. The van der Waals surface area contributed by atoms with Crippen LogP contribution in [0.5, 0.6) is 0 Å². The second-order valence-electron chi connectivity index (χ2n) is 4.63. The summed E-state index contributed by atoms with van der Waals surface area (Å²) in [5.41, 5.74) is 0.342. The number of rotatable bonds is 4. The number of sulfonamides is 1. The predicted octanol–water partition coefficient (Wildman–Crippen LogP) is 2.44. The molecule has 0 saturated heterocycles. The molecule has 0 radical (unpaired) electrons. The molecule has 0 aliphatic heterocycles. The zero-order chi connectivity index (χ0) is 14.9. The third-order valence-corrected chi connectivity index (χ3v) is 4.21. The lowest BCUT2D eigenvalue weighted by molar-refractivity contribution is 0.508. The van der Waals surface area contributed by atoms with E-state index in [2.05, 4.69) is 4.72 Å². The van der Waals surface area contributed by atoms with Crippen molar-refractivity contribution in [1.82, 2.24) is 9.29 Å². The fourth-order valence-corrected chi connectivity index (χ4v) is 2.97. The van der Waals surface area contributed by atoms with Crippen molar-refractivity contribution in [2.75, 3.05) is 0 Å². The molecule has 0 aliphatic rings. The minimum absolute atomic E-state index is 0.0657. The van der Waals surface area contributed by atoms with E-state index in [0.29, 0.717) is 5.69 Å². The Hall–Kier alpha value is -1.73. The average molecular weight is 300 g/mol. The first-order valence-electron chi connectivity index (χ1n) is 5.95. The molecule has 0 fully saturated rings. The van der Waals surface area contributed by atoms with Crippen molar-refractivity contribution < 1.29 is 17.2 Å². The fourth-order valence-electron chi connectivity index (χ4n) is 1.72. The summed E-state index contributed by atoms with van der Waals surface area (Å²) in [5, 5.41) is 0. The highest BCUT2D eigenvalue weighted by atomic mass is 32.2. The largest absolute Gasteiger partial charge is 0.322 e. The van der Waals surface area contributed by atoms with E-state index >= 15 is 0 Å². The average Bonchev–Trinajstić information content (AvgIpc) is 2.81. The van der Waals surface area contributed by atoms with Gasteiger partial charge in [0.2, 0.25) is 10.0 Å². The van der Waals surface area contributed by atoms with Crippen molar-refractivity contribution in [3.8, 4) is 5.69 Å². The van der Waals surface area contributed by atoms with E-state index in [9.17, 15) is 17.2 Å². The minimum Gasteiger partial charge on any atom is -0.322 e. The third kappa shape index (κ3) is 3.05. The van der Waals surface area contributed by atoms with Crippen LogP contribution < -0.4 is 4.72 Å². The summed E-state index contributed by atoms with van der Waals surface area (Å²) < 4.78 is 53.8. The molecule has 4 nitrogen and oxygen atoms in total.